The van der Waals surface area contributed by atoms with Gasteiger partial charge in [-0.25, -0.2) is 4.98 Å². The Labute approximate surface area is 129 Å². The Kier molecular flexibility index (Phi) is 4.54. The second-order valence-corrected chi connectivity index (χ2v) is 5.94. The van der Waals surface area contributed by atoms with Crippen LogP contribution in [0.3, 0.4) is 0 Å². The van der Waals surface area contributed by atoms with Gasteiger partial charge < -0.3 is 11.1 Å². The average Bonchev–Trinajstić information content (AvgIpc) is 2.35. The molecular weight excluding hydrogens is 372 g/mol. The van der Waals surface area contributed by atoms with Crippen molar-refractivity contribution in [3.05, 3.63) is 50.3 Å². The molecule has 0 amide bonds. The summed E-state index contributed by atoms with van der Waals surface area (Å²) in [7, 11) is 1.88. The van der Waals surface area contributed by atoms with E-state index in [-0.39, 0.29) is 6.04 Å². The molecule has 2 heterocycles. The fourth-order valence-corrected chi connectivity index (χ4v) is 3.24. The molecule has 0 fully saturated rings. The van der Waals surface area contributed by atoms with Gasteiger partial charge in [-0.3, -0.25) is 4.98 Å². The summed E-state index contributed by atoms with van der Waals surface area (Å²) in [6.45, 7) is 2.02. The van der Waals surface area contributed by atoms with E-state index in [9.17, 15) is 0 Å². The third kappa shape index (κ3) is 2.96. The number of halogens is 2. The SMILES string of the molecule is CNC(c1ncc(Br)cc1Br)c1c(C)ccnc1N. The minimum Gasteiger partial charge on any atom is -0.383 e. The maximum atomic E-state index is 6.01. The minimum atomic E-state index is -0.101. The molecule has 6 heteroatoms. The van der Waals surface area contributed by atoms with Crippen LogP contribution < -0.4 is 11.1 Å². The van der Waals surface area contributed by atoms with Crippen LogP contribution in [0.5, 0.6) is 0 Å². The van der Waals surface area contributed by atoms with Gasteiger partial charge in [0.1, 0.15) is 5.82 Å². The predicted octanol–water partition coefficient (Wildman–Crippen LogP) is 3.20. The van der Waals surface area contributed by atoms with Crippen molar-refractivity contribution in [1.29, 1.82) is 0 Å². The first-order chi connectivity index (χ1) is 9.04. The summed E-state index contributed by atoms with van der Waals surface area (Å²) >= 11 is 6.94. The van der Waals surface area contributed by atoms with Crippen LogP contribution in [0.15, 0.2) is 33.5 Å². The maximum Gasteiger partial charge on any atom is 0.128 e. The zero-order chi connectivity index (χ0) is 14.0. The van der Waals surface area contributed by atoms with E-state index in [4.69, 9.17) is 5.73 Å². The molecule has 0 aliphatic rings. The molecule has 1 atom stereocenters. The first-order valence-electron chi connectivity index (χ1n) is 5.73. The molecule has 4 nitrogen and oxygen atoms in total. The predicted molar refractivity (Wildman–Crippen MR) is 83.9 cm³/mol. The second kappa shape index (κ2) is 5.98. The van der Waals surface area contributed by atoms with Gasteiger partial charge in [-0.15, -0.1) is 0 Å². The standard InChI is InChI=1S/C13H14Br2N4/c1-7-3-4-18-13(16)10(7)12(17-2)11-9(15)5-8(14)6-19-11/h3-6,12,17H,1-2H3,(H2,16,18). The van der Waals surface area contributed by atoms with E-state index in [0.717, 1.165) is 25.8 Å². The van der Waals surface area contributed by atoms with Crippen LogP contribution in [0, 0.1) is 6.92 Å². The van der Waals surface area contributed by atoms with Gasteiger partial charge in [-0.1, -0.05) is 0 Å². The van der Waals surface area contributed by atoms with Crippen molar-refractivity contribution >= 4 is 37.7 Å². The average molecular weight is 386 g/mol. The molecule has 1 unspecified atom stereocenters. The Morgan fingerprint density at radius 2 is 2.05 bits per heavy atom. The third-order valence-electron chi connectivity index (χ3n) is 2.93. The van der Waals surface area contributed by atoms with Crippen LogP contribution >= 0.6 is 31.9 Å². The van der Waals surface area contributed by atoms with Crippen LogP contribution in [-0.2, 0) is 0 Å². The van der Waals surface area contributed by atoms with E-state index in [1.165, 1.54) is 0 Å². The van der Waals surface area contributed by atoms with Gasteiger partial charge in [-0.2, -0.15) is 0 Å². The van der Waals surface area contributed by atoms with Gasteiger partial charge in [0, 0.05) is 26.9 Å². The Bertz CT molecular complexity index is 581. The Morgan fingerprint density at radius 1 is 1.32 bits per heavy atom. The summed E-state index contributed by atoms with van der Waals surface area (Å²) in [5, 5.41) is 3.25. The molecule has 0 spiro atoms. The normalized spacial score (nSPS) is 12.4. The molecule has 19 heavy (non-hydrogen) atoms. The minimum absolute atomic E-state index is 0.101. The number of hydrogen-bond donors (Lipinski definition) is 2. The highest BCUT2D eigenvalue weighted by atomic mass is 79.9. The fraction of sp³-hybridized carbons (Fsp3) is 0.231. The quantitative estimate of drug-likeness (QED) is 0.851. The number of aryl methyl sites for hydroxylation is 1. The fourth-order valence-electron chi connectivity index (χ4n) is 2.02. The number of rotatable bonds is 3. The topological polar surface area (TPSA) is 63.8 Å². The molecule has 0 saturated carbocycles. The number of nitrogen functional groups attached to an aromatic ring is 1. The highest BCUT2D eigenvalue weighted by molar-refractivity contribution is 9.11. The monoisotopic (exact) mass is 384 g/mol. The van der Waals surface area contributed by atoms with Crippen molar-refractivity contribution in [2.24, 2.45) is 0 Å². The number of nitrogens with two attached hydrogens (primary N) is 1. The summed E-state index contributed by atoms with van der Waals surface area (Å²) in [4.78, 5) is 8.63. The molecule has 3 N–H and O–H groups in total. The lowest BCUT2D eigenvalue weighted by atomic mass is 9.99. The number of nitrogens with one attached hydrogen (secondary N) is 1. The Hall–Kier alpha value is -0.980. The molecule has 2 aromatic heterocycles. The number of nitrogens with zero attached hydrogens (tertiary/aromatic N) is 2. The smallest absolute Gasteiger partial charge is 0.128 e. The number of aromatic nitrogens is 2. The Morgan fingerprint density at radius 3 is 2.63 bits per heavy atom. The molecule has 0 bridgehead atoms. The molecule has 100 valence electrons. The third-order valence-corrected chi connectivity index (χ3v) is 3.99. The molecule has 0 saturated heterocycles. The van der Waals surface area contributed by atoms with Crippen molar-refractivity contribution in [3.8, 4) is 0 Å². The Balaban J connectivity index is 2.56. The highest BCUT2D eigenvalue weighted by Gasteiger charge is 2.21. The molecular formula is C13H14Br2N4. The van der Waals surface area contributed by atoms with E-state index >= 15 is 0 Å². The first kappa shape index (κ1) is 14.4. The van der Waals surface area contributed by atoms with Gasteiger partial charge in [-0.05, 0) is 63.5 Å². The van der Waals surface area contributed by atoms with E-state index < -0.39 is 0 Å². The molecule has 2 rings (SSSR count). The van der Waals surface area contributed by atoms with E-state index in [1.54, 1.807) is 12.4 Å². The van der Waals surface area contributed by atoms with Crippen LogP contribution in [0.4, 0.5) is 5.82 Å². The van der Waals surface area contributed by atoms with Crippen molar-refractivity contribution < 1.29 is 0 Å². The van der Waals surface area contributed by atoms with E-state index in [0.29, 0.717) is 5.82 Å². The largest absolute Gasteiger partial charge is 0.383 e. The number of pyridine rings is 2. The molecule has 0 radical (unpaired) electrons. The lowest BCUT2D eigenvalue weighted by Crippen LogP contribution is -2.22. The summed E-state index contributed by atoms with van der Waals surface area (Å²) in [5.41, 5.74) is 8.94. The zero-order valence-electron chi connectivity index (χ0n) is 10.6. The lowest BCUT2D eigenvalue weighted by Gasteiger charge is -2.20. The van der Waals surface area contributed by atoms with Gasteiger partial charge >= 0.3 is 0 Å². The highest BCUT2D eigenvalue weighted by Crippen LogP contribution is 2.32. The maximum absolute atomic E-state index is 6.01. The van der Waals surface area contributed by atoms with Gasteiger partial charge in [0.2, 0.25) is 0 Å². The van der Waals surface area contributed by atoms with Gasteiger partial charge in [0.25, 0.3) is 0 Å². The summed E-state index contributed by atoms with van der Waals surface area (Å²) in [6.07, 6.45) is 3.48. The molecule has 0 aliphatic heterocycles. The summed E-state index contributed by atoms with van der Waals surface area (Å²) in [5.74, 6) is 0.524. The second-order valence-electron chi connectivity index (χ2n) is 4.17. The van der Waals surface area contributed by atoms with Crippen LogP contribution in [-0.4, -0.2) is 17.0 Å². The van der Waals surface area contributed by atoms with Crippen LogP contribution in [0.1, 0.15) is 22.9 Å². The zero-order valence-corrected chi connectivity index (χ0v) is 13.8. The summed E-state index contributed by atoms with van der Waals surface area (Å²) < 4.78 is 1.85. The molecule has 0 aliphatic carbocycles. The van der Waals surface area contributed by atoms with Crippen LogP contribution in [0.2, 0.25) is 0 Å². The number of anilines is 1. The first-order valence-corrected chi connectivity index (χ1v) is 7.32. The van der Waals surface area contributed by atoms with E-state index in [1.807, 2.05) is 26.1 Å². The summed E-state index contributed by atoms with van der Waals surface area (Å²) in [6, 6.07) is 3.81. The molecule has 2 aromatic rings. The van der Waals surface area contributed by atoms with Gasteiger partial charge in [0.05, 0.1) is 11.7 Å². The lowest BCUT2D eigenvalue weighted by molar-refractivity contribution is 0.663. The van der Waals surface area contributed by atoms with Crippen molar-refractivity contribution in [1.82, 2.24) is 15.3 Å². The van der Waals surface area contributed by atoms with Crippen molar-refractivity contribution in [3.63, 3.8) is 0 Å². The van der Waals surface area contributed by atoms with Gasteiger partial charge in [0.15, 0.2) is 0 Å². The van der Waals surface area contributed by atoms with Crippen molar-refractivity contribution in [2.75, 3.05) is 12.8 Å². The van der Waals surface area contributed by atoms with Crippen LogP contribution in [0.25, 0.3) is 0 Å². The molecule has 0 aromatic carbocycles. The van der Waals surface area contributed by atoms with Crippen molar-refractivity contribution in [2.45, 2.75) is 13.0 Å². The number of hydrogen-bond acceptors (Lipinski definition) is 4. The van der Waals surface area contributed by atoms with E-state index in [2.05, 4.69) is 47.1 Å².